The quantitative estimate of drug-likeness (QED) is 0.873. The fraction of sp³-hybridized carbons (Fsp3) is 0.214. The molecule has 1 aromatic heterocycles. The molecule has 17 heavy (non-hydrogen) atoms. The third-order valence-corrected chi connectivity index (χ3v) is 2.68. The molecule has 2 nitrogen and oxygen atoms in total. The standard InChI is InChI=1S/C14H15FN2/c1-10-6-12(8-16-7-10)9-17-14-5-3-4-13(15)11(14)2/h3-8,17H,9H2,1-2H3. The Kier molecular flexibility index (Phi) is 3.38. The van der Waals surface area contributed by atoms with E-state index in [4.69, 9.17) is 0 Å². The first-order valence-corrected chi connectivity index (χ1v) is 5.56. The highest BCUT2D eigenvalue weighted by molar-refractivity contribution is 5.51. The fourth-order valence-corrected chi connectivity index (χ4v) is 1.71. The summed E-state index contributed by atoms with van der Waals surface area (Å²) in [6.07, 6.45) is 3.63. The minimum atomic E-state index is -0.183. The van der Waals surface area contributed by atoms with Crippen molar-refractivity contribution < 1.29 is 4.39 Å². The van der Waals surface area contributed by atoms with Crippen molar-refractivity contribution in [1.82, 2.24) is 4.98 Å². The van der Waals surface area contributed by atoms with Crippen molar-refractivity contribution in [3.05, 3.63) is 59.2 Å². The average molecular weight is 230 g/mol. The summed E-state index contributed by atoms with van der Waals surface area (Å²) >= 11 is 0. The number of aromatic nitrogens is 1. The van der Waals surface area contributed by atoms with E-state index in [1.54, 1.807) is 13.0 Å². The van der Waals surface area contributed by atoms with Crippen LogP contribution in [0.15, 0.2) is 36.7 Å². The predicted molar refractivity (Wildman–Crippen MR) is 67.4 cm³/mol. The lowest BCUT2D eigenvalue weighted by Gasteiger charge is -2.10. The normalized spacial score (nSPS) is 10.3. The molecule has 0 radical (unpaired) electrons. The molecule has 1 heterocycles. The maximum Gasteiger partial charge on any atom is 0.128 e. The summed E-state index contributed by atoms with van der Waals surface area (Å²) in [5.41, 5.74) is 3.69. The van der Waals surface area contributed by atoms with Gasteiger partial charge in [-0.05, 0) is 37.1 Å². The van der Waals surface area contributed by atoms with Crippen molar-refractivity contribution >= 4 is 5.69 Å². The van der Waals surface area contributed by atoms with Gasteiger partial charge in [0.2, 0.25) is 0 Å². The van der Waals surface area contributed by atoms with Gasteiger partial charge in [-0.15, -0.1) is 0 Å². The Hall–Kier alpha value is -1.90. The lowest BCUT2D eigenvalue weighted by molar-refractivity contribution is 0.619. The smallest absolute Gasteiger partial charge is 0.128 e. The molecule has 0 fully saturated rings. The van der Waals surface area contributed by atoms with Crippen molar-refractivity contribution in [1.29, 1.82) is 0 Å². The first-order valence-electron chi connectivity index (χ1n) is 5.56. The molecule has 1 aromatic carbocycles. The minimum absolute atomic E-state index is 0.183. The number of anilines is 1. The summed E-state index contributed by atoms with van der Waals surface area (Å²) in [5, 5.41) is 3.22. The van der Waals surface area contributed by atoms with Gasteiger partial charge in [-0.3, -0.25) is 4.98 Å². The van der Waals surface area contributed by atoms with Crippen LogP contribution in [0.2, 0.25) is 0 Å². The van der Waals surface area contributed by atoms with E-state index in [2.05, 4.69) is 16.4 Å². The fourth-order valence-electron chi connectivity index (χ4n) is 1.71. The van der Waals surface area contributed by atoms with Gasteiger partial charge in [0, 0.05) is 30.2 Å². The largest absolute Gasteiger partial charge is 0.381 e. The van der Waals surface area contributed by atoms with Gasteiger partial charge in [-0.25, -0.2) is 4.39 Å². The zero-order valence-corrected chi connectivity index (χ0v) is 10.00. The lowest BCUT2D eigenvalue weighted by atomic mass is 10.1. The zero-order valence-electron chi connectivity index (χ0n) is 10.00. The Balaban J connectivity index is 2.10. The maximum atomic E-state index is 13.3. The summed E-state index contributed by atoms with van der Waals surface area (Å²) in [7, 11) is 0. The molecule has 0 aliphatic carbocycles. The number of hydrogen-bond acceptors (Lipinski definition) is 2. The van der Waals surface area contributed by atoms with Gasteiger partial charge in [0.25, 0.3) is 0 Å². The van der Waals surface area contributed by atoms with Crippen LogP contribution in [0.5, 0.6) is 0 Å². The van der Waals surface area contributed by atoms with Gasteiger partial charge >= 0.3 is 0 Å². The van der Waals surface area contributed by atoms with E-state index in [9.17, 15) is 4.39 Å². The van der Waals surface area contributed by atoms with Gasteiger partial charge < -0.3 is 5.32 Å². The summed E-state index contributed by atoms with van der Waals surface area (Å²) in [5.74, 6) is -0.183. The molecule has 88 valence electrons. The molecule has 0 spiro atoms. The van der Waals surface area contributed by atoms with Crippen LogP contribution in [0.3, 0.4) is 0 Å². The van der Waals surface area contributed by atoms with E-state index in [0.717, 1.165) is 16.8 Å². The molecule has 0 aliphatic rings. The molecule has 0 bridgehead atoms. The van der Waals surface area contributed by atoms with Crippen molar-refractivity contribution in [2.24, 2.45) is 0 Å². The second kappa shape index (κ2) is 4.95. The predicted octanol–water partition coefficient (Wildman–Crippen LogP) is 3.45. The Morgan fingerprint density at radius 2 is 2.06 bits per heavy atom. The summed E-state index contributed by atoms with van der Waals surface area (Å²) in [6.45, 7) is 4.43. The van der Waals surface area contributed by atoms with Crippen LogP contribution in [-0.2, 0) is 6.54 Å². The van der Waals surface area contributed by atoms with Crippen LogP contribution >= 0.6 is 0 Å². The van der Waals surface area contributed by atoms with Gasteiger partial charge in [0.15, 0.2) is 0 Å². The number of hydrogen-bond donors (Lipinski definition) is 1. The first-order chi connectivity index (χ1) is 8.16. The van der Waals surface area contributed by atoms with Crippen molar-refractivity contribution in [3.63, 3.8) is 0 Å². The molecule has 0 amide bonds. The molecular weight excluding hydrogens is 215 g/mol. The zero-order chi connectivity index (χ0) is 12.3. The molecule has 1 N–H and O–H groups in total. The summed E-state index contributed by atoms with van der Waals surface area (Å²) in [6, 6.07) is 7.12. The third kappa shape index (κ3) is 2.81. The topological polar surface area (TPSA) is 24.9 Å². The van der Waals surface area contributed by atoms with Gasteiger partial charge in [-0.2, -0.15) is 0 Å². The van der Waals surface area contributed by atoms with Gasteiger partial charge in [0.1, 0.15) is 5.82 Å². The monoisotopic (exact) mass is 230 g/mol. The average Bonchev–Trinajstić information content (AvgIpc) is 2.31. The lowest BCUT2D eigenvalue weighted by Crippen LogP contribution is -2.02. The first kappa shape index (κ1) is 11.6. The molecule has 0 saturated heterocycles. The number of rotatable bonds is 3. The van der Waals surface area contributed by atoms with E-state index in [1.165, 1.54) is 6.07 Å². The number of pyridine rings is 1. The molecule has 0 saturated carbocycles. The molecule has 0 unspecified atom stereocenters. The van der Waals surface area contributed by atoms with E-state index >= 15 is 0 Å². The van der Waals surface area contributed by atoms with Crippen LogP contribution < -0.4 is 5.32 Å². The molecule has 2 aromatic rings. The van der Waals surface area contributed by atoms with E-state index < -0.39 is 0 Å². The minimum Gasteiger partial charge on any atom is -0.381 e. The number of halogens is 1. The highest BCUT2D eigenvalue weighted by atomic mass is 19.1. The van der Waals surface area contributed by atoms with Crippen molar-refractivity contribution in [2.75, 3.05) is 5.32 Å². The summed E-state index contributed by atoms with van der Waals surface area (Å²) < 4.78 is 13.3. The maximum absolute atomic E-state index is 13.3. The van der Waals surface area contributed by atoms with E-state index in [-0.39, 0.29) is 5.82 Å². The van der Waals surface area contributed by atoms with E-state index in [1.807, 2.05) is 25.4 Å². The van der Waals surface area contributed by atoms with Gasteiger partial charge in [0.05, 0.1) is 0 Å². The number of nitrogens with one attached hydrogen (secondary N) is 1. The highest BCUT2D eigenvalue weighted by Gasteiger charge is 2.02. The Labute approximate surface area is 101 Å². The van der Waals surface area contributed by atoms with Crippen LogP contribution in [0.25, 0.3) is 0 Å². The molecule has 0 aliphatic heterocycles. The van der Waals surface area contributed by atoms with Gasteiger partial charge in [-0.1, -0.05) is 12.1 Å². The Bertz CT molecular complexity index is 523. The van der Waals surface area contributed by atoms with Crippen molar-refractivity contribution in [3.8, 4) is 0 Å². The number of benzene rings is 1. The Morgan fingerprint density at radius 1 is 1.24 bits per heavy atom. The van der Waals surface area contributed by atoms with Crippen LogP contribution in [0.4, 0.5) is 10.1 Å². The second-order valence-electron chi connectivity index (χ2n) is 4.14. The molecule has 0 atom stereocenters. The SMILES string of the molecule is Cc1cncc(CNc2cccc(F)c2C)c1. The highest BCUT2D eigenvalue weighted by Crippen LogP contribution is 2.18. The van der Waals surface area contributed by atoms with E-state index in [0.29, 0.717) is 12.1 Å². The molecular formula is C14H15FN2. The second-order valence-corrected chi connectivity index (χ2v) is 4.14. The van der Waals surface area contributed by atoms with Crippen molar-refractivity contribution in [2.45, 2.75) is 20.4 Å². The number of nitrogens with zero attached hydrogens (tertiary/aromatic N) is 1. The molecule has 2 rings (SSSR count). The molecule has 3 heteroatoms. The van der Waals surface area contributed by atoms with Crippen LogP contribution in [-0.4, -0.2) is 4.98 Å². The summed E-state index contributed by atoms with van der Waals surface area (Å²) in [4.78, 5) is 4.12. The third-order valence-electron chi connectivity index (χ3n) is 2.68. The Morgan fingerprint density at radius 3 is 2.82 bits per heavy atom. The number of aryl methyl sites for hydroxylation is 1. The van der Waals surface area contributed by atoms with Crippen LogP contribution in [0, 0.1) is 19.7 Å². The van der Waals surface area contributed by atoms with Crippen LogP contribution in [0.1, 0.15) is 16.7 Å².